The fourth-order valence-electron chi connectivity index (χ4n) is 8.17. The number of aliphatic hydroxyl groups excluding tert-OH is 1. The van der Waals surface area contributed by atoms with E-state index in [1.807, 2.05) is 0 Å². The van der Waals surface area contributed by atoms with Crippen LogP contribution in [0.15, 0.2) is 60.8 Å². The van der Waals surface area contributed by atoms with E-state index in [-0.39, 0.29) is 25.2 Å². The smallest absolute Gasteiger partial charge is 0.306 e. The monoisotopic (exact) mass is 895 g/mol. The Kier molecular flexibility index (Phi) is 52.9. The van der Waals surface area contributed by atoms with Crippen LogP contribution < -0.4 is 0 Å². The third kappa shape index (κ3) is 52.2. The van der Waals surface area contributed by atoms with Crippen molar-refractivity contribution in [2.75, 3.05) is 13.2 Å². The molecule has 64 heavy (non-hydrogen) atoms. The third-order valence-corrected chi connectivity index (χ3v) is 12.3. The van der Waals surface area contributed by atoms with Crippen LogP contribution in [-0.2, 0) is 19.1 Å². The number of carbonyl (C=O) groups is 2. The molecule has 0 aromatic heterocycles. The van der Waals surface area contributed by atoms with Crippen LogP contribution in [0.3, 0.4) is 0 Å². The van der Waals surface area contributed by atoms with Gasteiger partial charge in [-0.3, -0.25) is 9.59 Å². The van der Waals surface area contributed by atoms with Crippen molar-refractivity contribution in [1.82, 2.24) is 0 Å². The summed E-state index contributed by atoms with van der Waals surface area (Å²) in [7, 11) is 0. The van der Waals surface area contributed by atoms with Crippen LogP contribution >= 0.6 is 0 Å². The largest absolute Gasteiger partial charge is 0.462 e. The van der Waals surface area contributed by atoms with E-state index < -0.39 is 6.10 Å². The van der Waals surface area contributed by atoms with E-state index in [2.05, 4.69) is 74.6 Å². The lowest BCUT2D eigenvalue weighted by atomic mass is 10.0. The van der Waals surface area contributed by atoms with E-state index in [1.54, 1.807) is 0 Å². The minimum atomic E-state index is -0.774. The molecule has 0 spiro atoms. The SMILES string of the molecule is CC/C=C\C/C=C\C/C=C\C/C=C\C/C=C\CCCCCCCCCCCCCC(=O)OC(CO)COC(=O)CCCCCCCCCCCCCCCCCCCCCCCCC. The Labute approximate surface area is 398 Å². The zero-order valence-corrected chi connectivity index (χ0v) is 42.5. The van der Waals surface area contributed by atoms with Gasteiger partial charge in [-0.2, -0.15) is 0 Å². The minimum Gasteiger partial charge on any atom is -0.462 e. The first kappa shape index (κ1) is 61.6. The van der Waals surface area contributed by atoms with Crippen LogP contribution in [0.2, 0.25) is 0 Å². The summed E-state index contributed by atoms with van der Waals surface area (Å²) >= 11 is 0. The molecule has 1 atom stereocenters. The number of aliphatic hydroxyl groups is 1. The molecule has 372 valence electrons. The van der Waals surface area contributed by atoms with E-state index in [0.29, 0.717) is 12.8 Å². The van der Waals surface area contributed by atoms with Crippen molar-refractivity contribution in [2.45, 2.75) is 290 Å². The van der Waals surface area contributed by atoms with Crippen molar-refractivity contribution >= 4 is 11.9 Å². The van der Waals surface area contributed by atoms with Gasteiger partial charge in [-0.15, -0.1) is 0 Å². The number of esters is 2. The lowest BCUT2D eigenvalue weighted by Crippen LogP contribution is -2.28. The molecule has 0 bridgehead atoms. The molecular weight excluding hydrogens is 789 g/mol. The predicted molar refractivity (Wildman–Crippen MR) is 279 cm³/mol. The molecule has 0 aromatic carbocycles. The Morgan fingerprint density at radius 1 is 0.375 bits per heavy atom. The van der Waals surface area contributed by atoms with Gasteiger partial charge in [0, 0.05) is 12.8 Å². The van der Waals surface area contributed by atoms with E-state index >= 15 is 0 Å². The molecule has 5 heteroatoms. The van der Waals surface area contributed by atoms with Crippen LogP contribution in [0.1, 0.15) is 284 Å². The van der Waals surface area contributed by atoms with Gasteiger partial charge in [-0.05, 0) is 57.8 Å². The molecule has 0 fully saturated rings. The highest BCUT2D eigenvalue weighted by atomic mass is 16.6. The number of unbranched alkanes of at least 4 members (excludes halogenated alkanes) is 33. The molecule has 0 radical (unpaired) electrons. The summed E-state index contributed by atoms with van der Waals surface area (Å²) < 4.78 is 10.7. The molecule has 0 saturated heterocycles. The molecule has 5 nitrogen and oxygen atoms in total. The van der Waals surface area contributed by atoms with Gasteiger partial charge in [0.15, 0.2) is 6.10 Å². The lowest BCUT2D eigenvalue weighted by molar-refractivity contribution is -0.161. The summed E-state index contributed by atoms with van der Waals surface area (Å²) in [5, 5.41) is 9.65. The first-order chi connectivity index (χ1) is 31.6. The van der Waals surface area contributed by atoms with Gasteiger partial charge in [-0.1, -0.05) is 274 Å². The second-order valence-electron chi connectivity index (χ2n) is 18.6. The highest BCUT2D eigenvalue weighted by molar-refractivity contribution is 5.70. The number of rotatable bonds is 51. The van der Waals surface area contributed by atoms with Crippen molar-refractivity contribution in [3.63, 3.8) is 0 Å². The molecular formula is C59H106O5. The highest BCUT2D eigenvalue weighted by Crippen LogP contribution is 2.17. The summed E-state index contributed by atoms with van der Waals surface area (Å²) in [5.41, 5.74) is 0. The average molecular weight is 895 g/mol. The third-order valence-electron chi connectivity index (χ3n) is 12.3. The molecule has 0 aliphatic rings. The van der Waals surface area contributed by atoms with Crippen molar-refractivity contribution in [1.29, 1.82) is 0 Å². The van der Waals surface area contributed by atoms with Crippen molar-refractivity contribution < 1.29 is 24.2 Å². The van der Waals surface area contributed by atoms with E-state index in [0.717, 1.165) is 70.6 Å². The van der Waals surface area contributed by atoms with Crippen molar-refractivity contribution in [3.8, 4) is 0 Å². The highest BCUT2D eigenvalue weighted by Gasteiger charge is 2.16. The zero-order valence-electron chi connectivity index (χ0n) is 42.5. The first-order valence-electron chi connectivity index (χ1n) is 27.8. The van der Waals surface area contributed by atoms with Crippen LogP contribution in [0.25, 0.3) is 0 Å². The summed E-state index contributed by atoms with van der Waals surface area (Å²) in [6.45, 7) is 4.06. The summed E-state index contributed by atoms with van der Waals surface area (Å²) in [6.07, 6.45) is 73.3. The van der Waals surface area contributed by atoms with Gasteiger partial charge in [0.2, 0.25) is 0 Å². The normalized spacial score (nSPS) is 12.6. The zero-order chi connectivity index (χ0) is 46.3. The standard InChI is InChI=1S/C59H106O5/c1-3-5-7-9-11-13-15-17-19-21-23-25-27-28-29-30-32-34-36-38-40-42-44-46-48-50-52-54-59(62)64-57(55-60)56-63-58(61)53-51-49-47-45-43-41-39-37-35-33-31-26-24-22-20-18-16-14-12-10-8-6-4-2/h5,7,11,13,17,19,23,25,28-29,57,60H,3-4,6,8-10,12,14-16,18,20-22,24,26-27,30-56H2,1-2H3/b7-5-,13-11-,19-17-,25-23-,29-28-. The van der Waals surface area contributed by atoms with Crippen LogP contribution in [0.5, 0.6) is 0 Å². The van der Waals surface area contributed by atoms with E-state index in [4.69, 9.17) is 9.47 Å². The van der Waals surface area contributed by atoms with Crippen LogP contribution in [-0.4, -0.2) is 36.4 Å². The van der Waals surface area contributed by atoms with Crippen LogP contribution in [0, 0.1) is 0 Å². The van der Waals surface area contributed by atoms with Gasteiger partial charge < -0.3 is 14.6 Å². The maximum Gasteiger partial charge on any atom is 0.306 e. The van der Waals surface area contributed by atoms with E-state index in [1.165, 1.54) is 186 Å². The predicted octanol–water partition coefficient (Wildman–Crippen LogP) is 18.6. The Morgan fingerprint density at radius 3 is 1.02 bits per heavy atom. The molecule has 0 rings (SSSR count). The Balaban J connectivity index is 3.48. The lowest BCUT2D eigenvalue weighted by Gasteiger charge is -2.15. The van der Waals surface area contributed by atoms with Gasteiger partial charge >= 0.3 is 11.9 Å². The molecule has 1 unspecified atom stereocenters. The molecule has 0 aliphatic carbocycles. The van der Waals surface area contributed by atoms with E-state index in [9.17, 15) is 14.7 Å². The topological polar surface area (TPSA) is 72.8 Å². The average Bonchev–Trinajstić information content (AvgIpc) is 3.30. The maximum absolute atomic E-state index is 12.3. The van der Waals surface area contributed by atoms with Gasteiger partial charge in [-0.25, -0.2) is 0 Å². The maximum atomic E-state index is 12.3. The minimum absolute atomic E-state index is 0.0648. The molecule has 0 heterocycles. The second-order valence-corrected chi connectivity index (χ2v) is 18.6. The summed E-state index contributed by atoms with van der Waals surface area (Å²) in [4.78, 5) is 24.5. The Morgan fingerprint density at radius 2 is 0.672 bits per heavy atom. The summed E-state index contributed by atoms with van der Waals surface area (Å²) in [5.74, 6) is -0.582. The number of hydrogen-bond donors (Lipinski definition) is 1. The first-order valence-corrected chi connectivity index (χ1v) is 27.8. The molecule has 0 saturated carbocycles. The fourth-order valence-corrected chi connectivity index (χ4v) is 8.17. The van der Waals surface area contributed by atoms with Crippen molar-refractivity contribution in [2.24, 2.45) is 0 Å². The number of carbonyl (C=O) groups excluding carboxylic acids is 2. The molecule has 0 aliphatic heterocycles. The molecule has 0 amide bonds. The van der Waals surface area contributed by atoms with Gasteiger partial charge in [0.1, 0.15) is 6.61 Å². The van der Waals surface area contributed by atoms with Crippen molar-refractivity contribution in [3.05, 3.63) is 60.8 Å². The Hall–Kier alpha value is -2.40. The summed E-state index contributed by atoms with van der Waals surface area (Å²) in [6, 6.07) is 0. The fraction of sp³-hybridized carbons (Fsp3) is 0.797. The Bertz CT molecular complexity index is 1100. The number of hydrogen-bond acceptors (Lipinski definition) is 5. The molecule has 0 aromatic rings. The van der Waals surface area contributed by atoms with Crippen LogP contribution in [0.4, 0.5) is 0 Å². The second kappa shape index (κ2) is 54.9. The van der Waals surface area contributed by atoms with Gasteiger partial charge in [0.05, 0.1) is 6.61 Å². The van der Waals surface area contributed by atoms with Gasteiger partial charge in [0.25, 0.3) is 0 Å². The quantitative estimate of drug-likeness (QED) is 0.0374. The molecule has 1 N–H and O–H groups in total. The number of allylic oxidation sites excluding steroid dienone is 10. The number of ether oxygens (including phenoxy) is 2.